The van der Waals surface area contributed by atoms with Crippen molar-refractivity contribution in [2.75, 3.05) is 33.9 Å². The molecule has 110 valence electrons. The molecule has 4 nitrogen and oxygen atoms in total. The van der Waals surface area contributed by atoms with Gasteiger partial charge in [0, 0.05) is 32.2 Å². The molecule has 0 aliphatic heterocycles. The van der Waals surface area contributed by atoms with Crippen LogP contribution in [0.25, 0.3) is 0 Å². The first-order chi connectivity index (χ1) is 8.12. The van der Waals surface area contributed by atoms with Crippen LogP contribution in [-0.4, -0.2) is 50.7 Å². The van der Waals surface area contributed by atoms with Crippen LogP contribution >= 0.6 is 12.4 Å². The molecule has 0 saturated carbocycles. The van der Waals surface area contributed by atoms with E-state index in [9.17, 15) is 4.79 Å². The van der Waals surface area contributed by atoms with E-state index in [1.165, 1.54) is 0 Å². The highest BCUT2D eigenvalue weighted by atomic mass is 35.5. The number of nitrogens with one attached hydrogen (secondary N) is 1. The van der Waals surface area contributed by atoms with Crippen molar-refractivity contribution in [2.24, 2.45) is 5.92 Å². The number of halogens is 1. The zero-order valence-corrected chi connectivity index (χ0v) is 13.2. The van der Waals surface area contributed by atoms with Gasteiger partial charge in [-0.05, 0) is 19.9 Å². The maximum Gasteiger partial charge on any atom is 0.227 e. The van der Waals surface area contributed by atoms with E-state index in [-0.39, 0.29) is 24.2 Å². The van der Waals surface area contributed by atoms with E-state index in [0.717, 1.165) is 19.4 Å². The Morgan fingerprint density at radius 2 is 1.89 bits per heavy atom. The fourth-order valence-corrected chi connectivity index (χ4v) is 2.07. The van der Waals surface area contributed by atoms with Gasteiger partial charge in [-0.3, -0.25) is 4.79 Å². The van der Waals surface area contributed by atoms with E-state index in [4.69, 9.17) is 4.74 Å². The molecule has 0 bridgehead atoms. The molecule has 1 N–H and O–H groups in total. The Kier molecular flexibility index (Phi) is 13.1. The highest BCUT2D eigenvalue weighted by Crippen LogP contribution is 2.12. The standard InChI is InChI=1S/C13H28N2O2.ClH/c1-6-12(7-2)15(8-9-17-5)13(16)11(3)10-14-4;/h11-12,14H,6-10H2,1-5H3;1H. The third-order valence-corrected chi connectivity index (χ3v) is 3.13. The number of ether oxygens (including phenoxy) is 1. The Bertz CT molecular complexity index is 211. The Hall–Kier alpha value is -0.320. The Morgan fingerprint density at radius 1 is 1.33 bits per heavy atom. The number of nitrogens with zero attached hydrogens (tertiary/aromatic N) is 1. The van der Waals surface area contributed by atoms with Crippen molar-refractivity contribution in [1.82, 2.24) is 10.2 Å². The molecule has 1 amide bonds. The van der Waals surface area contributed by atoms with Crippen LogP contribution < -0.4 is 5.32 Å². The van der Waals surface area contributed by atoms with Crippen LogP contribution in [0.4, 0.5) is 0 Å². The van der Waals surface area contributed by atoms with Gasteiger partial charge in [0.05, 0.1) is 6.61 Å². The van der Waals surface area contributed by atoms with Crippen LogP contribution in [0.15, 0.2) is 0 Å². The molecule has 0 aromatic rings. The molecule has 0 spiro atoms. The molecule has 18 heavy (non-hydrogen) atoms. The second-order valence-electron chi connectivity index (χ2n) is 4.45. The predicted molar refractivity (Wildman–Crippen MR) is 78.3 cm³/mol. The molecule has 0 aromatic heterocycles. The molecule has 1 atom stereocenters. The fraction of sp³-hybridized carbons (Fsp3) is 0.923. The number of hydrogen-bond acceptors (Lipinski definition) is 3. The lowest BCUT2D eigenvalue weighted by Gasteiger charge is -2.32. The van der Waals surface area contributed by atoms with Gasteiger partial charge in [0.2, 0.25) is 5.91 Å². The Balaban J connectivity index is 0. The third-order valence-electron chi connectivity index (χ3n) is 3.13. The van der Waals surface area contributed by atoms with Gasteiger partial charge in [0.15, 0.2) is 0 Å². The van der Waals surface area contributed by atoms with Gasteiger partial charge in [-0.25, -0.2) is 0 Å². The minimum atomic E-state index is 0. The SMILES string of the molecule is CCC(CC)N(CCOC)C(=O)C(C)CNC.Cl. The Labute approximate surface area is 118 Å². The largest absolute Gasteiger partial charge is 0.383 e. The number of rotatable bonds is 9. The first-order valence-corrected chi connectivity index (χ1v) is 6.56. The molecule has 0 saturated heterocycles. The molecule has 0 radical (unpaired) electrons. The molecule has 0 aliphatic rings. The van der Waals surface area contributed by atoms with Crippen LogP contribution in [-0.2, 0) is 9.53 Å². The van der Waals surface area contributed by atoms with Crippen molar-refractivity contribution < 1.29 is 9.53 Å². The minimum Gasteiger partial charge on any atom is -0.383 e. The summed E-state index contributed by atoms with van der Waals surface area (Å²) in [4.78, 5) is 14.3. The van der Waals surface area contributed by atoms with Crippen LogP contribution in [0.2, 0.25) is 0 Å². The van der Waals surface area contributed by atoms with Gasteiger partial charge in [-0.15, -0.1) is 12.4 Å². The van der Waals surface area contributed by atoms with Crippen molar-refractivity contribution >= 4 is 18.3 Å². The molecular weight excluding hydrogens is 252 g/mol. The summed E-state index contributed by atoms with van der Waals surface area (Å²) in [6, 6.07) is 0.331. The second-order valence-corrected chi connectivity index (χ2v) is 4.45. The smallest absolute Gasteiger partial charge is 0.227 e. The number of methoxy groups -OCH3 is 1. The average molecular weight is 281 g/mol. The third kappa shape index (κ3) is 6.57. The second kappa shape index (κ2) is 11.8. The molecule has 0 aromatic carbocycles. The summed E-state index contributed by atoms with van der Waals surface area (Å²) in [5.41, 5.74) is 0. The fourth-order valence-electron chi connectivity index (χ4n) is 2.07. The maximum absolute atomic E-state index is 12.3. The average Bonchev–Trinajstić information content (AvgIpc) is 2.34. The van der Waals surface area contributed by atoms with Crippen LogP contribution in [0, 0.1) is 5.92 Å². The van der Waals surface area contributed by atoms with Gasteiger partial charge in [-0.1, -0.05) is 20.8 Å². The van der Waals surface area contributed by atoms with E-state index in [2.05, 4.69) is 19.2 Å². The van der Waals surface area contributed by atoms with Crippen molar-refractivity contribution in [3.63, 3.8) is 0 Å². The normalized spacial score (nSPS) is 12.1. The summed E-state index contributed by atoms with van der Waals surface area (Å²) in [7, 11) is 3.55. The number of amides is 1. The summed E-state index contributed by atoms with van der Waals surface area (Å²) in [6.07, 6.45) is 2.00. The van der Waals surface area contributed by atoms with Gasteiger partial charge in [-0.2, -0.15) is 0 Å². The van der Waals surface area contributed by atoms with E-state index in [0.29, 0.717) is 19.2 Å². The van der Waals surface area contributed by atoms with Crippen molar-refractivity contribution in [3.8, 4) is 0 Å². The maximum atomic E-state index is 12.3. The lowest BCUT2D eigenvalue weighted by molar-refractivity contribution is -0.138. The zero-order chi connectivity index (χ0) is 13.3. The van der Waals surface area contributed by atoms with Gasteiger partial charge >= 0.3 is 0 Å². The quantitative estimate of drug-likeness (QED) is 0.702. The molecule has 0 heterocycles. The molecule has 5 heteroatoms. The van der Waals surface area contributed by atoms with Crippen LogP contribution in [0.1, 0.15) is 33.6 Å². The summed E-state index contributed by atoms with van der Waals surface area (Å²) < 4.78 is 5.09. The number of carbonyl (C=O) groups excluding carboxylic acids is 1. The lowest BCUT2D eigenvalue weighted by atomic mass is 10.1. The topological polar surface area (TPSA) is 41.6 Å². The van der Waals surface area contributed by atoms with E-state index in [1.807, 2.05) is 18.9 Å². The summed E-state index contributed by atoms with van der Waals surface area (Å²) >= 11 is 0. The summed E-state index contributed by atoms with van der Waals surface area (Å²) in [5, 5.41) is 3.06. The molecule has 0 rings (SSSR count). The monoisotopic (exact) mass is 280 g/mol. The highest BCUT2D eigenvalue weighted by molar-refractivity contribution is 5.85. The predicted octanol–water partition coefficient (Wildman–Crippen LogP) is 1.93. The van der Waals surface area contributed by atoms with Crippen molar-refractivity contribution in [2.45, 2.75) is 39.7 Å². The lowest BCUT2D eigenvalue weighted by Crippen LogP contribution is -2.46. The first-order valence-electron chi connectivity index (χ1n) is 6.56. The van der Waals surface area contributed by atoms with Gasteiger partial charge < -0.3 is 15.0 Å². The van der Waals surface area contributed by atoms with E-state index in [1.54, 1.807) is 7.11 Å². The van der Waals surface area contributed by atoms with Gasteiger partial charge in [0.25, 0.3) is 0 Å². The number of hydrogen-bond donors (Lipinski definition) is 1. The summed E-state index contributed by atoms with van der Waals surface area (Å²) in [6.45, 7) is 8.25. The van der Waals surface area contributed by atoms with Crippen LogP contribution in [0.3, 0.4) is 0 Å². The number of carbonyl (C=O) groups is 1. The summed E-state index contributed by atoms with van der Waals surface area (Å²) in [5.74, 6) is 0.252. The highest BCUT2D eigenvalue weighted by Gasteiger charge is 2.24. The molecular formula is C13H29ClN2O2. The van der Waals surface area contributed by atoms with Crippen molar-refractivity contribution in [1.29, 1.82) is 0 Å². The minimum absolute atomic E-state index is 0. The Morgan fingerprint density at radius 3 is 2.28 bits per heavy atom. The van der Waals surface area contributed by atoms with E-state index < -0.39 is 0 Å². The first kappa shape index (κ1) is 20.0. The van der Waals surface area contributed by atoms with E-state index >= 15 is 0 Å². The molecule has 1 unspecified atom stereocenters. The zero-order valence-electron chi connectivity index (χ0n) is 12.4. The van der Waals surface area contributed by atoms with Crippen LogP contribution in [0.5, 0.6) is 0 Å². The van der Waals surface area contributed by atoms with Gasteiger partial charge in [0.1, 0.15) is 0 Å². The van der Waals surface area contributed by atoms with Crippen molar-refractivity contribution in [3.05, 3.63) is 0 Å². The molecule has 0 aliphatic carbocycles. The molecule has 0 fully saturated rings.